The predicted octanol–water partition coefficient (Wildman–Crippen LogP) is 3.02. The number of rotatable bonds is 3. The van der Waals surface area contributed by atoms with E-state index in [4.69, 9.17) is 0 Å². The molecule has 2 heterocycles. The van der Waals surface area contributed by atoms with Crippen LogP contribution in [-0.2, 0) is 6.54 Å². The smallest absolute Gasteiger partial charge is 0.0403 e. The summed E-state index contributed by atoms with van der Waals surface area (Å²) >= 11 is 0. The predicted molar refractivity (Wildman–Crippen MR) is 87.6 cm³/mol. The molecule has 0 atom stereocenters. The largest absolute Gasteiger partial charge is 0.369 e. The SMILES string of the molecule is Cc1cc(N2CCN(Cc3ccccc3)CC2)cc(C)n1. The molecule has 110 valence electrons. The lowest BCUT2D eigenvalue weighted by molar-refractivity contribution is 0.250. The Kier molecular flexibility index (Phi) is 4.20. The standard InChI is InChI=1S/C18H23N3/c1-15-12-18(13-16(2)19-15)21-10-8-20(9-11-21)14-17-6-4-3-5-7-17/h3-7,12-13H,8-11,14H2,1-2H3. The van der Waals surface area contributed by atoms with Crippen molar-refractivity contribution in [3.05, 3.63) is 59.4 Å². The molecule has 3 rings (SSSR count). The van der Waals surface area contributed by atoms with Crippen molar-refractivity contribution in [3.63, 3.8) is 0 Å². The van der Waals surface area contributed by atoms with Crippen LogP contribution in [0.5, 0.6) is 0 Å². The summed E-state index contributed by atoms with van der Waals surface area (Å²) in [5.74, 6) is 0. The molecule has 1 aromatic carbocycles. The summed E-state index contributed by atoms with van der Waals surface area (Å²) in [5.41, 5.74) is 4.94. The molecule has 0 N–H and O–H groups in total. The molecule has 0 unspecified atom stereocenters. The van der Waals surface area contributed by atoms with E-state index in [9.17, 15) is 0 Å². The van der Waals surface area contributed by atoms with Gasteiger partial charge in [-0.2, -0.15) is 0 Å². The monoisotopic (exact) mass is 281 g/mol. The van der Waals surface area contributed by atoms with Crippen LogP contribution < -0.4 is 4.90 Å². The number of hydrogen-bond donors (Lipinski definition) is 0. The third kappa shape index (κ3) is 3.61. The van der Waals surface area contributed by atoms with E-state index in [-0.39, 0.29) is 0 Å². The zero-order valence-electron chi connectivity index (χ0n) is 12.9. The Morgan fingerprint density at radius 3 is 2.14 bits per heavy atom. The second kappa shape index (κ2) is 6.27. The van der Waals surface area contributed by atoms with Crippen molar-refractivity contribution in [1.82, 2.24) is 9.88 Å². The normalized spacial score (nSPS) is 16.2. The minimum absolute atomic E-state index is 1.06. The van der Waals surface area contributed by atoms with E-state index in [1.165, 1.54) is 11.3 Å². The topological polar surface area (TPSA) is 19.4 Å². The Morgan fingerprint density at radius 2 is 1.52 bits per heavy atom. The highest BCUT2D eigenvalue weighted by Gasteiger charge is 2.17. The van der Waals surface area contributed by atoms with Gasteiger partial charge in [0.25, 0.3) is 0 Å². The zero-order chi connectivity index (χ0) is 14.7. The van der Waals surface area contributed by atoms with Gasteiger partial charge in [0.2, 0.25) is 0 Å². The third-order valence-corrected chi connectivity index (χ3v) is 4.05. The number of nitrogens with zero attached hydrogens (tertiary/aromatic N) is 3. The van der Waals surface area contributed by atoms with Crippen molar-refractivity contribution in [2.45, 2.75) is 20.4 Å². The number of piperazine rings is 1. The number of aromatic nitrogens is 1. The Labute approximate surface area is 127 Å². The molecule has 0 aliphatic carbocycles. The van der Waals surface area contributed by atoms with Crippen molar-refractivity contribution < 1.29 is 0 Å². The van der Waals surface area contributed by atoms with E-state index in [0.717, 1.165) is 44.1 Å². The molecule has 0 saturated carbocycles. The first-order chi connectivity index (χ1) is 10.2. The maximum absolute atomic E-state index is 4.46. The van der Waals surface area contributed by atoms with E-state index < -0.39 is 0 Å². The molecule has 21 heavy (non-hydrogen) atoms. The fourth-order valence-corrected chi connectivity index (χ4v) is 3.00. The quantitative estimate of drug-likeness (QED) is 0.862. The van der Waals surface area contributed by atoms with Crippen LogP contribution in [0.15, 0.2) is 42.5 Å². The lowest BCUT2D eigenvalue weighted by Crippen LogP contribution is -2.46. The summed E-state index contributed by atoms with van der Waals surface area (Å²) in [7, 11) is 0. The Morgan fingerprint density at radius 1 is 0.905 bits per heavy atom. The summed E-state index contributed by atoms with van der Waals surface area (Å²) in [5, 5.41) is 0. The molecule has 0 spiro atoms. The van der Waals surface area contributed by atoms with Gasteiger partial charge in [-0.15, -0.1) is 0 Å². The first kappa shape index (κ1) is 14.1. The van der Waals surface area contributed by atoms with Crippen molar-refractivity contribution in [2.75, 3.05) is 31.1 Å². The van der Waals surface area contributed by atoms with Crippen LogP contribution >= 0.6 is 0 Å². The van der Waals surface area contributed by atoms with Crippen LogP contribution in [0.2, 0.25) is 0 Å². The molecule has 0 radical (unpaired) electrons. The second-order valence-corrected chi connectivity index (χ2v) is 5.86. The molecule has 1 aliphatic rings. The van der Waals surface area contributed by atoms with E-state index in [0.29, 0.717) is 0 Å². The van der Waals surface area contributed by atoms with Crippen LogP contribution in [0.1, 0.15) is 17.0 Å². The number of benzene rings is 1. The lowest BCUT2D eigenvalue weighted by atomic mass is 10.2. The molecule has 1 saturated heterocycles. The number of aryl methyl sites for hydroxylation is 2. The van der Waals surface area contributed by atoms with Gasteiger partial charge in [0.15, 0.2) is 0 Å². The van der Waals surface area contributed by atoms with Crippen LogP contribution in [0, 0.1) is 13.8 Å². The van der Waals surface area contributed by atoms with E-state index in [1.54, 1.807) is 0 Å². The maximum atomic E-state index is 4.46. The summed E-state index contributed by atoms with van der Waals surface area (Å²) in [6.07, 6.45) is 0. The fourth-order valence-electron chi connectivity index (χ4n) is 3.00. The minimum atomic E-state index is 1.06. The molecule has 2 aromatic rings. The van der Waals surface area contributed by atoms with Crippen LogP contribution in [0.25, 0.3) is 0 Å². The molecule has 1 fully saturated rings. The van der Waals surface area contributed by atoms with Gasteiger partial charge < -0.3 is 4.90 Å². The van der Waals surface area contributed by atoms with Gasteiger partial charge in [-0.3, -0.25) is 9.88 Å². The fraction of sp³-hybridized carbons (Fsp3) is 0.389. The van der Waals surface area contributed by atoms with Gasteiger partial charge in [0.05, 0.1) is 0 Å². The zero-order valence-corrected chi connectivity index (χ0v) is 12.9. The molecule has 3 nitrogen and oxygen atoms in total. The summed E-state index contributed by atoms with van der Waals surface area (Å²) in [4.78, 5) is 9.47. The van der Waals surface area contributed by atoms with Gasteiger partial charge in [-0.1, -0.05) is 30.3 Å². The summed E-state index contributed by atoms with van der Waals surface area (Å²) < 4.78 is 0. The minimum Gasteiger partial charge on any atom is -0.369 e. The lowest BCUT2D eigenvalue weighted by Gasteiger charge is -2.36. The highest BCUT2D eigenvalue weighted by Crippen LogP contribution is 2.19. The first-order valence-electron chi connectivity index (χ1n) is 7.67. The van der Waals surface area contributed by atoms with E-state index in [1.807, 2.05) is 0 Å². The average Bonchev–Trinajstić information content (AvgIpc) is 2.48. The van der Waals surface area contributed by atoms with E-state index >= 15 is 0 Å². The van der Waals surface area contributed by atoms with Gasteiger partial charge in [-0.05, 0) is 31.5 Å². The first-order valence-corrected chi connectivity index (χ1v) is 7.67. The Bertz CT molecular complexity index is 566. The molecule has 3 heteroatoms. The van der Waals surface area contributed by atoms with Crippen molar-refractivity contribution in [2.24, 2.45) is 0 Å². The molecule has 1 aliphatic heterocycles. The Balaban J connectivity index is 1.60. The molecule has 0 amide bonds. The summed E-state index contributed by atoms with van der Waals surface area (Å²) in [6, 6.07) is 15.1. The molecular weight excluding hydrogens is 258 g/mol. The van der Waals surface area contributed by atoms with Gasteiger partial charge in [-0.25, -0.2) is 0 Å². The van der Waals surface area contributed by atoms with Crippen LogP contribution in [0.4, 0.5) is 5.69 Å². The van der Waals surface area contributed by atoms with Crippen LogP contribution in [0.3, 0.4) is 0 Å². The number of pyridine rings is 1. The van der Waals surface area contributed by atoms with E-state index in [2.05, 4.69) is 71.1 Å². The third-order valence-electron chi connectivity index (χ3n) is 4.05. The van der Waals surface area contributed by atoms with Crippen molar-refractivity contribution >= 4 is 5.69 Å². The molecular formula is C18H23N3. The number of hydrogen-bond acceptors (Lipinski definition) is 3. The van der Waals surface area contributed by atoms with Crippen molar-refractivity contribution in [1.29, 1.82) is 0 Å². The molecule has 0 bridgehead atoms. The van der Waals surface area contributed by atoms with Gasteiger partial charge >= 0.3 is 0 Å². The second-order valence-electron chi connectivity index (χ2n) is 5.86. The molecule has 1 aromatic heterocycles. The van der Waals surface area contributed by atoms with Crippen LogP contribution in [-0.4, -0.2) is 36.1 Å². The Hall–Kier alpha value is -1.87. The maximum Gasteiger partial charge on any atom is 0.0403 e. The van der Waals surface area contributed by atoms with Gasteiger partial charge in [0.1, 0.15) is 0 Å². The summed E-state index contributed by atoms with van der Waals surface area (Å²) in [6.45, 7) is 9.63. The highest BCUT2D eigenvalue weighted by molar-refractivity contribution is 5.48. The number of anilines is 1. The van der Waals surface area contributed by atoms with Crippen molar-refractivity contribution in [3.8, 4) is 0 Å². The van der Waals surface area contributed by atoms with Gasteiger partial charge in [0, 0.05) is 49.8 Å². The average molecular weight is 281 g/mol. The highest BCUT2D eigenvalue weighted by atomic mass is 15.3.